The molecule has 0 spiro atoms. The van der Waals surface area contributed by atoms with Crippen molar-refractivity contribution in [2.75, 3.05) is 0 Å². The van der Waals surface area contributed by atoms with Gasteiger partial charge in [-0.15, -0.1) is 0 Å². The summed E-state index contributed by atoms with van der Waals surface area (Å²) < 4.78 is 0. The SMILES string of the molecule is CC=C1CCCC(C)CCC1. The molecule has 0 radical (unpaired) electrons. The van der Waals surface area contributed by atoms with Crippen LogP contribution in [-0.2, 0) is 0 Å². The van der Waals surface area contributed by atoms with Crippen LogP contribution in [0.2, 0.25) is 0 Å². The molecule has 0 aromatic rings. The molecule has 0 aromatic carbocycles. The molecule has 0 unspecified atom stereocenters. The zero-order valence-corrected chi connectivity index (χ0v) is 7.90. The quantitative estimate of drug-likeness (QED) is 0.461. The molecule has 64 valence electrons. The largest absolute Gasteiger partial charge is 0.0885 e. The first kappa shape index (κ1) is 8.83. The van der Waals surface area contributed by atoms with Crippen LogP contribution in [0.15, 0.2) is 11.6 Å². The Hall–Kier alpha value is -0.260. The molecule has 1 fully saturated rings. The third kappa shape index (κ3) is 3.09. The maximum Gasteiger partial charge on any atom is -0.0320 e. The highest BCUT2D eigenvalue weighted by Crippen LogP contribution is 2.24. The van der Waals surface area contributed by atoms with Crippen molar-refractivity contribution in [1.29, 1.82) is 0 Å². The van der Waals surface area contributed by atoms with E-state index in [0.29, 0.717) is 0 Å². The van der Waals surface area contributed by atoms with Crippen LogP contribution < -0.4 is 0 Å². The lowest BCUT2D eigenvalue weighted by molar-refractivity contribution is 0.437. The Morgan fingerprint density at radius 3 is 2.18 bits per heavy atom. The second kappa shape index (κ2) is 4.58. The highest BCUT2D eigenvalue weighted by molar-refractivity contribution is 5.00. The van der Waals surface area contributed by atoms with Crippen molar-refractivity contribution in [3.8, 4) is 0 Å². The van der Waals surface area contributed by atoms with Crippen LogP contribution in [0.25, 0.3) is 0 Å². The van der Waals surface area contributed by atoms with E-state index in [2.05, 4.69) is 19.9 Å². The van der Waals surface area contributed by atoms with Crippen LogP contribution in [0.5, 0.6) is 0 Å². The van der Waals surface area contributed by atoms with Gasteiger partial charge in [-0.05, 0) is 38.5 Å². The molecule has 0 heterocycles. The summed E-state index contributed by atoms with van der Waals surface area (Å²) in [4.78, 5) is 0. The molecular formula is C11H20. The fourth-order valence-electron chi connectivity index (χ4n) is 1.91. The van der Waals surface area contributed by atoms with Crippen molar-refractivity contribution >= 4 is 0 Å². The number of rotatable bonds is 0. The third-order valence-corrected chi connectivity index (χ3v) is 2.80. The van der Waals surface area contributed by atoms with E-state index >= 15 is 0 Å². The maximum absolute atomic E-state index is 2.39. The van der Waals surface area contributed by atoms with Crippen LogP contribution in [-0.4, -0.2) is 0 Å². The van der Waals surface area contributed by atoms with E-state index in [0.717, 1.165) is 5.92 Å². The zero-order valence-electron chi connectivity index (χ0n) is 7.90. The summed E-state index contributed by atoms with van der Waals surface area (Å²) in [5.74, 6) is 0.980. The fourth-order valence-corrected chi connectivity index (χ4v) is 1.91. The molecule has 0 aliphatic heterocycles. The minimum atomic E-state index is 0.980. The lowest BCUT2D eigenvalue weighted by atomic mass is 9.90. The molecule has 0 aromatic heterocycles. The zero-order chi connectivity index (χ0) is 8.10. The Balaban J connectivity index is 2.34. The van der Waals surface area contributed by atoms with Crippen molar-refractivity contribution in [2.45, 2.75) is 52.4 Å². The van der Waals surface area contributed by atoms with Gasteiger partial charge in [0.25, 0.3) is 0 Å². The molecule has 0 amide bonds. The van der Waals surface area contributed by atoms with Gasteiger partial charge < -0.3 is 0 Å². The van der Waals surface area contributed by atoms with Crippen LogP contribution in [0.1, 0.15) is 52.4 Å². The van der Waals surface area contributed by atoms with Gasteiger partial charge in [0.05, 0.1) is 0 Å². The number of hydrogen-bond donors (Lipinski definition) is 0. The molecule has 0 N–H and O–H groups in total. The van der Waals surface area contributed by atoms with E-state index in [9.17, 15) is 0 Å². The van der Waals surface area contributed by atoms with Gasteiger partial charge >= 0.3 is 0 Å². The number of hydrogen-bond acceptors (Lipinski definition) is 0. The minimum absolute atomic E-state index is 0.980. The summed E-state index contributed by atoms with van der Waals surface area (Å²) in [7, 11) is 0. The molecule has 0 bridgehead atoms. The lowest BCUT2D eigenvalue weighted by Crippen LogP contribution is -2.00. The summed E-state index contributed by atoms with van der Waals surface area (Å²) in [5.41, 5.74) is 1.69. The molecular weight excluding hydrogens is 132 g/mol. The average Bonchev–Trinajstić information content (AvgIpc) is 1.96. The Morgan fingerprint density at radius 1 is 1.18 bits per heavy atom. The van der Waals surface area contributed by atoms with E-state index in [1.165, 1.54) is 38.5 Å². The average molecular weight is 152 g/mol. The Kier molecular flexibility index (Phi) is 3.68. The van der Waals surface area contributed by atoms with E-state index in [4.69, 9.17) is 0 Å². The summed E-state index contributed by atoms with van der Waals surface area (Å²) in [5, 5.41) is 0. The second-order valence-corrected chi connectivity index (χ2v) is 3.84. The Bertz CT molecular complexity index is 121. The molecule has 0 nitrogen and oxygen atoms in total. The highest BCUT2D eigenvalue weighted by Gasteiger charge is 2.07. The Morgan fingerprint density at radius 2 is 1.73 bits per heavy atom. The van der Waals surface area contributed by atoms with Gasteiger partial charge in [-0.25, -0.2) is 0 Å². The van der Waals surface area contributed by atoms with Crippen LogP contribution >= 0.6 is 0 Å². The third-order valence-electron chi connectivity index (χ3n) is 2.80. The van der Waals surface area contributed by atoms with Gasteiger partial charge in [0, 0.05) is 0 Å². The first-order chi connectivity index (χ1) is 5.33. The van der Waals surface area contributed by atoms with Crippen molar-refractivity contribution < 1.29 is 0 Å². The van der Waals surface area contributed by atoms with Crippen molar-refractivity contribution in [1.82, 2.24) is 0 Å². The maximum atomic E-state index is 2.39. The molecule has 1 rings (SSSR count). The Labute approximate surface area is 70.7 Å². The fraction of sp³-hybridized carbons (Fsp3) is 0.818. The molecule has 0 heteroatoms. The normalized spacial score (nSPS) is 27.5. The smallest absolute Gasteiger partial charge is 0.0320 e. The molecule has 1 aliphatic rings. The van der Waals surface area contributed by atoms with Crippen LogP contribution in [0.3, 0.4) is 0 Å². The van der Waals surface area contributed by atoms with Crippen LogP contribution in [0.4, 0.5) is 0 Å². The predicted octanol–water partition coefficient (Wildman–Crippen LogP) is 3.92. The second-order valence-electron chi connectivity index (χ2n) is 3.84. The van der Waals surface area contributed by atoms with Gasteiger partial charge in [0.15, 0.2) is 0 Å². The monoisotopic (exact) mass is 152 g/mol. The number of allylic oxidation sites excluding steroid dienone is 2. The molecule has 0 saturated heterocycles. The highest BCUT2D eigenvalue weighted by atomic mass is 14.1. The molecule has 1 aliphatic carbocycles. The van der Waals surface area contributed by atoms with E-state index in [1.807, 2.05) is 0 Å². The predicted molar refractivity (Wildman–Crippen MR) is 50.6 cm³/mol. The first-order valence-electron chi connectivity index (χ1n) is 4.97. The van der Waals surface area contributed by atoms with Gasteiger partial charge in [0.1, 0.15) is 0 Å². The van der Waals surface area contributed by atoms with Crippen LogP contribution in [0, 0.1) is 5.92 Å². The van der Waals surface area contributed by atoms with Gasteiger partial charge in [-0.1, -0.05) is 31.4 Å². The van der Waals surface area contributed by atoms with E-state index < -0.39 is 0 Å². The van der Waals surface area contributed by atoms with E-state index in [1.54, 1.807) is 5.57 Å². The van der Waals surface area contributed by atoms with Crippen molar-refractivity contribution in [3.05, 3.63) is 11.6 Å². The first-order valence-corrected chi connectivity index (χ1v) is 4.97. The molecule has 1 saturated carbocycles. The van der Waals surface area contributed by atoms with Crippen molar-refractivity contribution in [3.63, 3.8) is 0 Å². The summed E-state index contributed by atoms with van der Waals surface area (Å²) >= 11 is 0. The van der Waals surface area contributed by atoms with Gasteiger partial charge in [0.2, 0.25) is 0 Å². The summed E-state index contributed by atoms with van der Waals surface area (Å²) in [6, 6.07) is 0. The standard InChI is InChI=1S/C11H20/c1-3-11-8-4-6-10(2)7-5-9-11/h3,10H,4-9H2,1-2H3. The topological polar surface area (TPSA) is 0 Å². The van der Waals surface area contributed by atoms with E-state index in [-0.39, 0.29) is 0 Å². The minimum Gasteiger partial charge on any atom is -0.0885 e. The summed E-state index contributed by atoms with van der Waals surface area (Å²) in [6.45, 7) is 4.57. The van der Waals surface area contributed by atoms with Gasteiger partial charge in [-0.2, -0.15) is 0 Å². The molecule has 11 heavy (non-hydrogen) atoms. The lowest BCUT2D eigenvalue weighted by Gasteiger charge is -2.16. The molecule has 0 atom stereocenters. The van der Waals surface area contributed by atoms with Gasteiger partial charge in [-0.3, -0.25) is 0 Å². The van der Waals surface area contributed by atoms with Crippen molar-refractivity contribution in [2.24, 2.45) is 5.92 Å². The summed E-state index contributed by atoms with van der Waals surface area (Å²) in [6.07, 6.45) is 10.8.